The summed E-state index contributed by atoms with van der Waals surface area (Å²) < 4.78 is 10.1. The van der Waals surface area contributed by atoms with E-state index in [1.54, 1.807) is 31.2 Å². The summed E-state index contributed by atoms with van der Waals surface area (Å²) in [6, 6.07) is 15.0. The van der Waals surface area contributed by atoms with Crippen LogP contribution >= 0.6 is 0 Å². The van der Waals surface area contributed by atoms with Crippen molar-refractivity contribution in [1.29, 1.82) is 0 Å². The Hall–Kier alpha value is -3.88. The Labute approximate surface area is 173 Å². The standard InChI is InChI=1S/C21H23N3O6/c1-2-29-17-11-7-6-10-16(17)20(27)22-13-19(26)30-14-18(25)24-21(28)23-12-15-8-4-3-5-9-15/h3-11H,2,12-14H2,1H3,(H,22,27)(H2,23,24,25,28). The van der Waals surface area contributed by atoms with Crippen LogP contribution in [0.25, 0.3) is 0 Å². The minimum Gasteiger partial charge on any atom is -0.493 e. The lowest BCUT2D eigenvalue weighted by Gasteiger charge is -2.10. The molecule has 9 heteroatoms. The normalized spacial score (nSPS) is 9.90. The number of imide groups is 1. The summed E-state index contributed by atoms with van der Waals surface area (Å²) in [6.07, 6.45) is 0. The number of ether oxygens (including phenoxy) is 2. The van der Waals surface area contributed by atoms with Gasteiger partial charge in [0.05, 0.1) is 12.2 Å². The lowest BCUT2D eigenvalue weighted by Crippen LogP contribution is -2.41. The number of carbonyl (C=O) groups is 4. The average molecular weight is 413 g/mol. The van der Waals surface area contributed by atoms with Gasteiger partial charge in [0, 0.05) is 6.54 Å². The fourth-order valence-electron chi connectivity index (χ4n) is 2.37. The number of hydrogen-bond donors (Lipinski definition) is 3. The van der Waals surface area contributed by atoms with E-state index in [1.165, 1.54) is 0 Å². The van der Waals surface area contributed by atoms with Gasteiger partial charge in [0.2, 0.25) is 0 Å². The maximum absolute atomic E-state index is 12.2. The number of para-hydroxylation sites is 1. The largest absolute Gasteiger partial charge is 0.493 e. The van der Waals surface area contributed by atoms with Gasteiger partial charge in [-0.15, -0.1) is 0 Å². The van der Waals surface area contributed by atoms with E-state index in [9.17, 15) is 19.2 Å². The summed E-state index contributed by atoms with van der Waals surface area (Å²) in [5.41, 5.74) is 1.15. The van der Waals surface area contributed by atoms with Crippen molar-refractivity contribution >= 4 is 23.8 Å². The van der Waals surface area contributed by atoms with Gasteiger partial charge in [0.25, 0.3) is 11.8 Å². The van der Waals surface area contributed by atoms with Gasteiger partial charge in [-0.05, 0) is 24.6 Å². The smallest absolute Gasteiger partial charge is 0.325 e. The summed E-state index contributed by atoms with van der Waals surface area (Å²) in [6.45, 7) is 1.34. The fourth-order valence-corrected chi connectivity index (χ4v) is 2.37. The van der Waals surface area contributed by atoms with Crippen molar-refractivity contribution in [1.82, 2.24) is 16.0 Å². The van der Waals surface area contributed by atoms with E-state index >= 15 is 0 Å². The van der Waals surface area contributed by atoms with Gasteiger partial charge in [0.1, 0.15) is 12.3 Å². The van der Waals surface area contributed by atoms with Gasteiger partial charge in [-0.25, -0.2) is 4.79 Å². The first-order valence-electron chi connectivity index (χ1n) is 9.27. The molecule has 0 atom stereocenters. The molecule has 0 saturated carbocycles. The Kier molecular flexibility index (Phi) is 8.85. The molecular formula is C21H23N3O6. The molecule has 0 heterocycles. The molecule has 0 aliphatic carbocycles. The number of amides is 4. The monoisotopic (exact) mass is 413 g/mol. The van der Waals surface area contributed by atoms with Crippen LogP contribution in [0.1, 0.15) is 22.8 Å². The predicted molar refractivity (Wildman–Crippen MR) is 108 cm³/mol. The Morgan fingerprint density at radius 1 is 0.900 bits per heavy atom. The summed E-state index contributed by atoms with van der Waals surface area (Å²) in [5.74, 6) is -1.73. The number of hydrogen-bond acceptors (Lipinski definition) is 6. The maximum Gasteiger partial charge on any atom is 0.325 e. The van der Waals surface area contributed by atoms with Crippen LogP contribution in [0.15, 0.2) is 54.6 Å². The first-order chi connectivity index (χ1) is 14.5. The van der Waals surface area contributed by atoms with Crippen LogP contribution in [-0.2, 0) is 20.9 Å². The van der Waals surface area contributed by atoms with Crippen LogP contribution < -0.4 is 20.7 Å². The first kappa shape index (κ1) is 22.4. The SMILES string of the molecule is CCOc1ccccc1C(=O)NCC(=O)OCC(=O)NC(=O)NCc1ccccc1. The van der Waals surface area contributed by atoms with E-state index in [2.05, 4.69) is 10.6 Å². The van der Waals surface area contributed by atoms with Crippen LogP contribution in [0.2, 0.25) is 0 Å². The zero-order valence-corrected chi connectivity index (χ0v) is 16.5. The number of benzene rings is 2. The Balaban J connectivity index is 1.68. The molecule has 0 aromatic heterocycles. The highest BCUT2D eigenvalue weighted by molar-refractivity contribution is 5.99. The summed E-state index contributed by atoms with van der Waals surface area (Å²) in [4.78, 5) is 47.3. The van der Waals surface area contributed by atoms with Crippen molar-refractivity contribution in [3.8, 4) is 5.75 Å². The zero-order chi connectivity index (χ0) is 21.8. The summed E-state index contributed by atoms with van der Waals surface area (Å²) in [5, 5.41) is 6.95. The number of urea groups is 1. The van der Waals surface area contributed by atoms with E-state index in [0.29, 0.717) is 12.4 Å². The number of nitrogens with one attached hydrogen (secondary N) is 3. The van der Waals surface area contributed by atoms with Gasteiger partial charge < -0.3 is 20.1 Å². The molecule has 3 N–H and O–H groups in total. The molecule has 9 nitrogen and oxygen atoms in total. The highest BCUT2D eigenvalue weighted by atomic mass is 16.5. The van der Waals surface area contributed by atoms with E-state index < -0.39 is 37.0 Å². The van der Waals surface area contributed by atoms with Gasteiger partial charge in [0.15, 0.2) is 6.61 Å². The first-order valence-corrected chi connectivity index (χ1v) is 9.27. The highest BCUT2D eigenvalue weighted by Crippen LogP contribution is 2.17. The quantitative estimate of drug-likeness (QED) is 0.534. The lowest BCUT2D eigenvalue weighted by atomic mass is 10.2. The maximum atomic E-state index is 12.2. The van der Waals surface area contributed by atoms with E-state index in [0.717, 1.165) is 5.56 Å². The second-order valence-corrected chi connectivity index (χ2v) is 5.99. The van der Waals surface area contributed by atoms with Crippen molar-refractivity contribution in [3.05, 3.63) is 65.7 Å². The molecule has 0 unspecified atom stereocenters. The molecule has 2 aromatic carbocycles. The molecule has 0 saturated heterocycles. The average Bonchev–Trinajstić information content (AvgIpc) is 2.76. The van der Waals surface area contributed by atoms with Gasteiger partial charge in [-0.3, -0.25) is 19.7 Å². The van der Waals surface area contributed by atoms with Crippen LogP contribution in [0.3, 0.4) is 0 Å². The molecule has 0 radical (unpaired) electrons. The fraction of sp³-hybridized carbons (Fsp3) is 0.238. The molecule has 0 spiro atoms. The molecule has 0 aliphatic heterocycles. The lowest BCUT2D eigenvalue weighted by molar-refractivity contribution is -0.147. The number of carbonyl (C=O) groups excluding carboxylic acids is 4. The minimum absolute atomic E-state index is 0.245. The molecule has 0 aliphatic rings. The minimum atomic E-state index is -0.822. The van der Waals surface area contributed by atoms with Crippen molar-refractivity contribution in [2.75, 3.05) is 19.8 Å². The van der Waals surface area contributed by atoms with E-state index in [4.69, 9.17) is 9.47 Å². The Morgan fingerprint density at radius 3 is 2.33 bits per heavy atom. The van der Waals surface area contributed by atoms with Crippen molar-refractivity contribution in [2.45, 2.75) is 13.5 Å². The molecule has 0 bridgehead atoms. The molecule has 158 valence electrons. The van der Waals surface area contributed by atoms with Crippen LogP contribution in [0.5, 0.6) is 5.75 Å². The number of rotatable bonds is 9. The highest BCUT2D eigenvalue weighted by Gasteiger charge is 2.15. The van der Waals surface area contributed by atoms with E-state index in [1.807, 2.05) is 35.6 Å². The third-order valence-corrected chi connectivity index (χ3v) is 3.74. The molecular weight excluding hydrogens is 390 g/mol. The van der Waals surface area contributed by atoms with Crippen molar-refractivity contribution < 1.29 is 28.7 Å². The molecule has 2 aromatic rings. The topological polar surface area (TPSA) is 123 Å². The van der Waals surface area contributed by atoms with Crippen LogP contribution in [0, 0.1) is 0 Å². The summed E-state index contributed by atoms with van der Waals surface area (Å²) in [7, 11) is 0. The second-order valence-electron chi connectivity index (χ2n) is 5.99. The van der Waals surface area contributed by atoms with Crippen LogP contribution in [-0.4, -0.2) is 43.6 Å². The molecule has 30 heavy (non-hydrogen) atoms. The number of esters is 1. The van der Waals surface area contributed by atoms with Gasteiger partial charge >= 0.3 is 12.0 Å². The summed E-state index contributed by atoms with van der Waals surface area (Å²) >= 11 is 0. The third-order valence-electron chi connectivity index (χ3n) is 3.74. The zero-order valence-electron chi connectivity index (χ0n) is 16.5. The Morgan fingerprint density at radius 2 is 1.60 bits per heavy atom. The third kappa shape index (κ3) is 7.63. The molecule has 4 amide bonds. The van der Waals surface area contributed by atoms with Crippen molar-refractivity contribution in [3.63, 3.8) is 0 Å². The van der Waals surface area contributed by atoms with Gasteiger partial charge in [-0.2, -0.15) is 0 Å². The van der Waals surface area contributed by atoms with Crippen LogP contribution in [0.4, 0.5) is 4.79 Å². The molecule has 0 fully saturated rings. The predicted octanol–water partition coefficient (Wildman–Crippen LogP) is 1.38. The van der Waals surface area contributed by atoms with E-state index in [-0.39, 0.29) is 12.1 Å². The molecule has 2 rings (SSSR count). The van der Waals surface area contributed by atoms with Gasteiger partial charge in [-0.1, -0.05) is 42.5 Å². The van der Waals surface area contributed by atoms with Crippen molar-refractivity contribution in [2.24, 2.45) is 0 Å². The second kappa shape index (κ2) is 11.8. The Bertz CT molecular complexity index is 885.